The van der Waals surface area contributed by atoms with Crippen molar-refractivity contribution in [2.24, 2.45) is 0 Å². The third kappa shape index (κ3) is 3.90. The minimum Gasteiger partial charge on any atom is -0.371 e. The van der Waals surface area contributed by atoms with E-state index in [-0.39, 0.29) is 6.10 Å². The summed E-state index contributed by atoms with van der Waals surface area (Å²) in [6.07, 6.45) is 1.80. The Morgan fingerprint density at radius 1 is 1.12 bits per heavy atom. The molecule has 0 spiro atoms. The van der Waals surface area contributed by atoms with Gasteiger partial charge in [-0.25, -0.2) is 0 Å². The Hall–Kier alpha value is -2.21. The standard InChI is InChI=1S/C19H18ClN3O2/c20-15-6-4-14(5-7-15)19-13-23(9-10-24-19)12-16-11-18(22-25-16)17-3-1-2-8-21-17/h1-8,11,19H,9-10,12-13H2. The van der Waals surface area contributed by atoms with Gasteiger partial charge in [0.2, 0.25) is 0 Å². The van der Waals surface area contributed by atoms with E-state index >= 15 is 0 Å². The molecule has 0 aliphatic carbocycles. The van der Waals surface area contributed by atoms with Crippen molar-refractivity contribution < 1.29 is 9.26 Å². The van der Waals surface area contributed by atoms with Gasteiger partial charge in [0.15, 0.2) is 5.76 Å². The fourth-order valence-electron chi connectivity index (χ4n) is 2.97. The van der Waals surface area contributed by atoms with Crippen LogP contribution >= 0.6 is 11.6 Å². The number of halogens is 1. The molecule has 1 fully saturated rings. The predicted molar refractivity (Wildman–Crippen MR) is 95.2 cm³/mol. The molecule has 0 amide bonds. The van der Waals surface area contributed by atoms with E-state index in [1.807, 2.05) is 48.5 Å². The third-order valence-corrected chi connectivity index (χ3v) is 4.51. The second kappa shape index (κ2) is 7.35. The van der Waals surface area contributed by atoms with Gasteiger partial charge in [0, 0.05) is 30.4 Å². The van der Waals surface area contributed by atoms with Crippen molar-refractivity contribution in [2.45, 2.75) is 12.6 Å². The smallest absolute Gasteiger partial charge is 0.151 e. The molecule has 6 heteroatoms. The van der Waals surface area contributed by atoms with Crippen LogP contribution in [0, 0.1) is 0 Å². The Labute approximate surface area is 151 Å². The van der Waals surface area contributed by atoms with Gasteiger partial charge in [-0.15, -0.1) is 0 Å². The summed E-state index contributed by atoms with van der Waals surface area (Å²) in [6.45, 7) is 3.06. The molecule has 1 aromatic carbocycles. The van der Waals surface area contributed by atoms with Gasteiger partial charge < -0.3 is 9.26 Å². The molecule has 1 saturated heterocycles. The lowest BCUT2D eigenvalue weighted by Gasteiger charge is -2.32. The van der Waals surface area contributed by atoms with E-state index in [1.54, 1.807) is 6.20 Å². The van der Waals surface area contributed by atoms with E-state index < -0.39 is 0 Å². The van der Waals surface area contributed by atoms with E-state index in [1.165, 1.54) is 0 Å². The first-order valence-corrected chi connectivity index (χ1v) is 8.62. The molecule has 1 atom stereocenters. The summed E-state index contributed by atoms with van der Waals surface area (Å²) in [5.74, 6) is 0.831. The van der Waals surface area contributed by atoms with Crippen LogP contribution in [0.5, 0.6) is 0 Å². The van der Waals surface area contributed by atoms with Crippen LogP contribution in [-0.4, -0.2) is 34.7 Å². The first-order valence-electron chi connectivity index (χ1n) is 8.24. The second-order valence-electron chi connectivity index (χ2n) is 6.04. The van der Waals surface area contributed by atoms with Gasteiger partial charge in [0.05, 0.1) is 24.9 Å². The highest BCUT2D eigenvalue weighted by Gasteiger charge is 2.23. The van der Waals surface area contributed by atoms with Crippen molar-refractivity contribution in [2.75, 3.05) is 19.7 Å². The van der Waals surface area contributed by atoms with Crippen molar-refractivity contribution in [3.05, 3.63) is 71.1 Å². The summed E-state index contributed by atoms with van der Waals surface area (Å²) in [7, 11) is 0. The van der Waals surface area contributed by atoms with Crippen molar-refractivity contribution in [1.29, 1.82) is 0 Å². The number of hydrogen-bond acceptors (Lipinski definition) is 5. The van der Waals surface area contributed by atoms with Gasteiger partial charge in [-0.2, -0.15) is 0 Å². The fourth-order valence-corrected chi connectivity index (χ4v) is 3.09. The highest BCUT2D eigenvalue weighted by molar-refractivity contribution is 6.30. The number of nitrogens with zero attached hydrogens (tertiary/aromatic N) is 3. The number of ether oxygens (including phenoxy) is 1. The molecule has 4 rings (SSSR count). The lowest BCUT2D eigenvalue weighted by Crippen LogP contribution is -2.37. The van der Waals surface area contributed by atoms with Gasteiger partial charge in [-0.3, -0.25) is 9.88 Å². The summed E-state index contributed by atoms with van der Waals surface area (Å²) >= 11 is 5.96. The van der Waals surface area contributed by atoms with Gasteiger partial charge >= 0.3 is 0 Å². The van der Waals surface area contributed by atoms with Crippen LogP contribution in [0.4, 0.5) is 0 Å². The van der Waals surface area contributed by atoms with Crippen molar-refractivity contribution >= 4 is 11.6 Å². The Bertz CT molecular complexity index is 820. The zero-order chi connectivity index (χ0) is 17.1. The fraction of sp³-hybridized carbons (Fsp3) is 0.263. The molecule has 25 heavy (non-hydrogen) atoms. The molecule has 1 unspecified atom stereocenters. The van der Waals surface area contributed by atoms with Crippen LogP contribution in [0.25, 0.3) is 11.4 Å². The van der Waals surface area contributed by atoms with Crippen LogP contribution in [0.2, 0.25) is 5.02 Å². The molecular formula is C19H18ClN3O2. The van der Waals surface area contributed by atoms with Gasteiger partial charge in [-0.05, 0) is 29.8 Å². The van der Waals surface area contributed by atoms with Crippen LogP contribution in [0.1, 0.15) is 17.4 Å². The molecule has 5 nitrogen and oxygen atoms in total. The highest BCUT2D eigenvalue weighted by Crippen LogP contribution is 2.25. The highest BCUT2D eigenvalue weighted by atomic mass is 35.5. The molecule has 0 bridgehead atoms. The van der Waals surface area contributed by atoms with E-state index in [0.29, 0.717) is 13.2 Å². The average molecular weight is 356 g/mol. The molecule has 0 saturated carbocycles. The first-order chi connectivity index (χ1) is 12.3. The van der Waals surface area contributed by atoms with E-state index in [4.69, 9.17) is 20.9 Å². The maximum absolute atomic E-state index is 5.96. The summed E-state index contributed by atoms with van der Waals surface area (Å²) in [5, 5.41) is 4.86. The summed E-state index contributed by atoms with van der Waals surface area (Å²) < 4.78 is 11.4. The van der Waals surface area contributed by atoms with Gasteiger partial charge in [0.25, 0.3) is 0 Å². The molecule has 3 heterocycles. The molecule has 2 aromatic heterocycles. The van der Waals surface area contributed by atoms with Crippen LogP contribution in [-0.2, 0) is 11.3 Å². The molecule has 0 N–H and O–H groups in total. The van der Waals surface area contributed by atoms with Crippen LogP contribution in [0.15, 0.2) is 59.3 Å². The number of hydrogen-bond donors (Lipinski definition) is 0. The summed E-state index contributed by atoms with van der Waals surface area (Å²) in [5.41, 5.74) is 2.72. The molecule has 1 aliphatic rings. The van der Waals surface area contributed by atoms with E-state index in [9.17, 15) is 0 Å². The minimum atomic E-state index is 0.0456. The Balaban J connectivity index is 1.42. The third-order valence-electron chi connectivity index (χ3n) is 4.26. The largest absolute Gasteiger partial charge is 0.371 e. The number of rotatable bonds is 4. The number of aromatic nitrogens is 2. The topological polar surface area (TPSA) is 51.4 Å². The van der Waals surface area contributed by atoms with E-state index in [2.05, 4.69) is 15.0 Å². The Kier molecular flexibility index (Phi) is 4.78. The normalized spacial score (nSPS) is 18.4. The SMILES string of the molecule is Clc1ccc(C2CN(Cc3cc(-c4ccccn4)no3)CCO2)cc1. The second-order valence-corrected chi connectivity index (χ2v) is 6.48. The predicted octanol–water partition coefficient (Wildman–Crippen LogP) is 3.96. The van der Waals surface area contributed by atoms with Crippen molar-refractivity contribution in [1.82, 2.24) is 15.0 Å². The minimum absolute atomic E-state index is 0.0456. The summed E-state index contributed by atoms with van der Waals surface area (Å²) in [4.78, 5) is 6.61. The lowest BCUT2D eigenvalue weighted by molar-refractivity contribution is -0.0351. The first kappa shape index (κ1) is 16.3. The Morgan fingerprint density at radius 2 is 2.00 bits per heavy atom. The molecule has 3 aromatic rings. The van der Waals surface area contributed by atoms with Crippen molar-refractivity contribution in [3.8, 4) is 11.4 Å². The van der Waals surface area contributed by atoms with Crippen molar-refractivity contribution in [3.63, 3.8) is 0 Å². The number of morpholine rings is 1. The number of benzene rings is 1. The maximum atomic E-state index is 5.96. The Morgan fingerprint density at radius 3 is 2.80 bits per heavy atom. The molecule has 1 aliphatic heterocycles. The number of pyridine rings is 1. The molecular weight excluding hydrogens is 338 g/mol. The monoisotopic (exact) mass is 355 g/mol. The van der Waals surface area contributed by atoms with Gasteiger partial charge in [0.1, 0.15) is 5.69 Å². The zero-order valence-electron chi connectivity index (χ0n) is 13.6. The maximum Gasteiger partial charge on any atom is 0.151 e. The molecule has 0 radical (unpaired) electrons. The van der Waals surface area contributed by atoms with Crippen LogP contribution < -0.4 is 0 Å². The average Bonchev–Trinajstić information content (AvgIpc) is 3.12. The quantitative estimate of drug-likeness (QED) is 0.709. The zero-order valence-corrected chi connectivity index (χ0v) is 14.4. The summed E-state index contributed by atoms with van der Waals surface area (Å²) in [6, 6.07) is 15.5. The van der Waals surface area contributed by atoms with Crippen LogP contribution in [0.3, 0.4) is 0 Å². The van der Waals surface area contributed by atoms with Gasteiger partial charge in [-0.1, -0.05) is 35.0 Å². The lowest BCUT2D eigenvalue weighted by atomic mass is 10.1. The molecule has 128 valence electrons. The van der Waals surface area contributed by atoms with E-state index in [0.717, 1.165) is 40.8 Å².